The van der Waals surface area contributed by atoms with Crippen molar-refractivity contribution in [1.82, 2.24) is 10.2 Å². The highest BCUT2D eigenvalue weighted by atomic mass is 16.4. The summed E-state index contributed by atoms with van der Waals surface area (Å²) in [7, 11) is 0. The molecule has 5 nitrogen and oxygen atoms in total. The molecule has 0 aromatic heterocycles. The molecule has 2 N–H and O–H groups in total. The number of likely N-dealkylation sites (tertiary alicyclic amines) is 1. The molecule has 0 bridgehead atoms. The molecule has 16 heavy (non-hydrogen) atoms. The molecule has 0 saturated carbocycles. The Balaban J connectivity index is 2.37. The summed E-state index contributed by atoms with van der Waals surface area (Å²) < 4.78 is 0. The minimum atomic E-state index is -0.0909. The highest BCUT2D eigenvalue weighted by molar-refractivity contribution is 5.85. The van der Waals surface area contributed by atoms with E-state index in [9.17, 15) is 4.79 Å². The van der Waals surface area contributed by atoms with Gasteiger partial charge < -0.3 is 10.5 Å². The van der Waals surface area contributed by atoms with Crippen LogP contribution in [-0.2, 0) is 4.79 Å². The number of oxime groups is 1. The Labute approximate surface area is 96.5 Å². The summed E-state index contributed by atoms with van der Waals surface area (Å²) in [5.41, 5.74) is 0.831. The van der Waals surface area contributed by atoms with Gasteiger partial charge in [-0.1, -0.05) is 12.1 Å². The number of piperidine rings is 1. The lowest BCUT2D eigenvalue weighted by atomic mass is 10.1. The Hall–Kier alpha value is -1.10. The number of carbonyl (C=O) groups is 1. The summed E-state index contributed by atoms with van der Waals surface area (Å²) in [6.07, 6.45) is 2.46. The van der Waals surface area contributed by atoms with Crippen molar-refractivity contribution in [1.29, 1.82) is 0 Å². The molecule has 1 amide bonds. The van der Waals surface area contributed by atoms with E-state index in [-0.39, 0.29) is 11.9 Å². The van der Waals surface area contributed by atoms with E-state index in [2.05, 4.69) is 15.4 Å². The third kappa shape index (κ3) is 3.48. The molecule has 1 aliphatic heterocycles. The van der Waals surface area contributed by atoms with Gasteiger partial charge in [-0.05, 0) is 13.3 Å². The lowest BCUT2D eigenvalue weighted by molar-refractivity contribution is -0.125. The van der Waals surface area contributed by atoms with Crippen LogP contribution in [0, 0.1) is 0 Å². The van der Waals surface area contributed by atoms with Gasteiger partial charge in [0.25, 0.3) is 0 Å². The lowest BCUT2D eigenvalue weighted by Gasteiger charge is -2.31. The van der Waals surface area contributed by atoms with Crippen molar-refractivity contribution >= 4 is 11.6 Å². The Bertz CT molecular complexity index is 256. The van der Waals surface area contributed by atoms with Crippen LogP contribution in [0.1, 0.15) is 33.1 Å². The monoisotopic (exact) mass is 227 g/mol. The van der Waals surface area contributed by atoms with Crippen molar-refractivity contribution < 1.29 is 10.0 Å². The van der Waals surface area contributed by atoms with Crippen LogP contribution < -0.4 is 5.32 Å². The van der Waals surface area contributed by atoms with Gasteiger partial charge in [0.05, 0.1) is 11.8 Å². The second kappa shape index (κ2) is 6.48. The summed E-state index contributed by atoms with van der Waals surface area (Å²) in [5, 5.41) is 14.8. The van der Waals surface area contributed by atoms with E-state index in [1.807, 2.05) is 13.8 Å². The number of nitrogens with one attached hydrogen (secondary N) is 1. The molecular formula is C11H21N3O2. The van der Waals surface area contributed by atoms with Crippen LogP contribution in [0.4, 0.5) is 0 Å². The van der Waals surface area contributed by atoms with Gasteiger partial charge in [-0.2, -0.15) is 0 Å². The largest absolute Gasteiger partial charge is 0.411 e. The molecule has 92 valence electrons. The number of hydrogen-bond donors (Lipinski definition) is 2. The molecule has 1 fully saturated rings. The average Bonchev–Trinajstić information content (AvgIpc) is 2.35. The fraction of sp³-hybridized carbons (Fsp3) is 0.818. The minimum absolute atomic E-state index is 0.0891. The molecule has 0 radical (unpaired) electrons. The zero-order valence-corrected chi connectivity index (χ0v) is 10.1. The van der Waals surface area contributed by atoms with Gasteiger partial charge in [0.2, 0.25) is 5.91 Å². The van der Waals surface area contributed by atoms with Crippen LogP contribution >= 0.6 is 0 Å². The first-order chi connectivity index (χ1) is 7.69. The zero-order chi connectivity index (χ0) is 12.0. The van der Waals surface area contributed by atoms with E-state index in [1.54, 1.807) is 0 Å². The first-order valence-electron chi connectivity index (χ1n) is 5.90. The maximum absolute atomic E-state index is 11.7. The molecule has 1 heterocycles. The van der Waals surface area contributed by atoms with Crippen molar-refractivity contribution in [3.05, 3.63) is 0 Å². The average molecular weight is 227 g/mol. The van der Waals surface area contributed by atoms with E-state index >= 15 is 0 Å². The van der Waals surface area contributed by atoms with E-state index < -0.39 is 0 Å². The highest BCUT2D eigenvalue weighted by Gasteiger charge is 2.24. The first kappa shape index (κ1) is 13.0. The van der Waals surface area contributed by atoms with Gasteiger partial charge in [-0.15, -0.1) is 0 Å². The predicted octanol–water partition coefficient (Wildman–Crippen LogP) is 0.827. The summed E-state index contributed by atoms with van der Waals surface area (Å²) in [6, 6.07) is -0.0909. The van der Waals surface area contributed by atoms with Crippen molar-refractivity contribution in [3.63, 3.8) is 0 Å². The molecule has 0 aromatic carbocycles. The smallest absolute Gasteiger partial charge is 0.237 e. The number of nitrogens with zero attached hydrogens (tertiary/aromatic N) is 2. The predicted molar refractivity (Wildman–Crippen MR) is 62.8 cm³/mol. The van der Waals surface area contributed by atoms with Crippen molar-refractivity contribution in [2.75, 3.05) is 19.6 Å². The van der Waals surface area contributed by atoms with E-state index in [0.29, 0.717) is 0 Å². The molecule has 0 aromatic rings. The Morgan fingerprint density at radius 1 is 1.56 bits per heavy atom. The van der Waals surface area contributed by atoms with Gasteiger partial charge in [0, 0.05) is 32.5 Å². The quantitative estimate of drug-likeness (QED) is 0.552. The Kier molecular flexibility index (Phi) is 5.25. The minimum Gasteiger partial charge on any atom is -0.411 e. The molecule has 5 heteroatoms. The maximum Gasteiger partial charge on any atom is 0.237 e. The van der Waals surface area contributed by atoms with Crippen LogP contribution in [0.2, 0.25) is 0 Å². The van der Waals surface area contributed by atoms with E-state index in [0.717, 1.165) is 44.6 Å². The molecule has 1 aliphatic rings. The standard InChI is InChI=1S/C11H21N3O2/c1-3-6-12-11(15)9(2)14-7-4-10(13-16)5-8-14/h9,16H,3-8H2,1-2H3,(H,12,15). The van der Waals surface area contributed by atoms with Crippen LogP contribution in [0.15, 0.2) is 5.16 Å². The van der Waals surface area contributed by atoms with Crippen molar-refractivity contribution in [3.8, 4) is 0 Å². The lowest BCUT2D eigenvalue weighted by Crippen LogP contribution is -2.48. The zero-order valence-electron chi connectivity index (χ0n) is 10.1. The van der Waals surface area contributed by atoms with Gasteiger partial charge in [-0.25, -0.2) is 0 Å². The van der Waals surface area contributed by atoms with E-state index in [4.69, 9.17) is 5.21 Å². The van der Waals surface area contributed by atoms with Gasteiger partial charge in [0.1, 0.15) is 0 Å². The van der Waals surface area contributed by atoms with Gasteiger partial charge >= 0.3 is 0 Å². The number of amides is 1. The van der Waals surface area contributed by atoms with E-state index in [1.165, 1.54) is 0 Å². The normalized spacial score (nSPS) is 19.2. The molecule has 1 atom stereocenters. The highest BCUT2D eigenvalue weighted by Crippen LogP contribution is 2.10. The van der Waals surface area contributed by atoms with Crippen LogP contribution in [0.5, 0.6) is 0 Å². The summed E-state index contributed by atoms with van der Waals surface area (Å²) in [4.78, 5) is 13.8. The number of carbonyl (C=O) groups excluding carboxylic acids is 1. The molecule has 0 spiro atoms. The van der Waals surface area contributed by atoms with Crippen LogP contribution in [-0.4, -0.2) is 47.4 Å². The summed E-state index contributed by atoms with van der Waals surface area (Å²) >= 11 is 0. The maximum atomic E-state index is 11.7. The second-order valence-electron chi connectivity index (χ2n) is 4.17. The van der Waals surface area contributed by atoms with Crippen LogP contribution in [0.3, 0.4) is 0 Å². The molecule has 0 aliphatic carbocycles. The summed E-state index contributed by atoms with van der Waals surface area (Å²) in [6.45, 7) is 6.28. The van der Waals surface area contributed by atoms with Gasteiger partial charge in [-0.3, -0.25) is 9.69 Å². The van der Waals surface area contributed by atoms with Crippen molar-refractivity contribution in [2.45, 2.75) is 39.2 Å². The van der Waals surface area contributed by atoms with Crippen LogP contribution in [0.25, 0.3) is 0 Å². The molecular weight excluding hydrogens is 206 g/mol. The number of rotatable bonds is 4. The molecule has 1 saturated heterocycles. The topological polar surface area (TPSA) is 64.9 Å². The molecule has 1 rings (SSSR count). The second-order valence-corrected chi connectivity index (χ2v) is 4.17. The van der Waals surface area contributed by atoms with Crippen molar-refractivity contribution in [2.24, 2.45) is 5.16 Å². The summed E-state index contributed by atoms with van der Waals surface area (Å²) in [5.74, 6) is 0.0891. The number of hydrogen-bond acceptors (Lipinski definition) is 4. The van der Waals surface area contributed by atoms with Gasteiger partial charge in [0.15, 0.2) is 0 Å². The fourth-order valence-electron chi connectivity index (χ4n) is 1.83. The Morgan fingerprint density at radius 3 is 2.69 bits per heavy atom. The third-order valence-corrected chi connectivity index (χ3v) is 2.99. The SMILES string of the molecule is CCCNC(=O)C(C)N1CCC(=NO)CC1. The fourth-order valence-corrected chi connectivity index (χ4v) is 1.83. The third-order valence-electron chi connectivity index (χ3n) is 2.99. The molecule has 1 unspecified atom stereocenters. The Morgan fingerprint density at radius 2 is 2.19 bits per heavy atom. The first-order valence-corrected chi connectivity index (χ1v) is 5.90.